The Morgan fingerprint density at radius 1 is 1.27 bits per heavy atom. The molecular formula is C10H21N. The molecule has 0 N–H and O–H groups in total. The fraction of sp³-hybridized carbons (Fsp3) is 1.00. The summed E-state index contributed by atoms with van der Waals surface area (Å²) >= 11 is 0. The fourth-order valence-electron chi connectivity index (χ4n) is 2.24. The summed E-state index contributed by atoms with van der Waals surface area (Å²) in [7, 11) is 2.26. The third-order valence-corrected chi connectivity index (χ3v) is 2.89. The molecule has 2 atom stereocenters. The molecule has 1 rings (SSSR count). The van der Waals surface area contributed by atoms with Crippen molar-refractivity contribution in [3.63, 3.8) is 0 Å². The second kappa shape index (κ2) is 3.57. The van der Waals surface area contributed by atoms with E-state index in [-0.39, 0.29) is 0 Å². The van der Waals surface area contributed by atoms with Gasteiger partial charge in [-0.3, -0.25) is 0 Å². The summed E-state index contributed by atoms with van der Waals surface area (Å²) in [5.74, 6) is 1.74. The summed E-state index contributed by atoms with van der Waals surface area (Å²) in [5, 5.41) is 0. The monoisotopic (exact) mass is 155 g/mol. The maximum atomic E-state index is 2.53. The Bertz CT molecular complexity index is 120. The molecule has 1 heteroatoms. The zero-order valence-electron chi connectivity index (χ0n) is 8.30. The predicted octanol–water partition coefficient (Wildman–Crippen LogP) is 2.37. The topological polar surface area (TPSA) is 3.24 Å². The summed E-state index contributed by atoms with van der Waals surface area (Å²) in [6, 6.07) is 0.839. The molecule has 0 aromatic rings. The van der Waals surface area contributed by atoms with Crippen molar-refractivity contribution in [2.75, 3.05) is 13.6 Å². The first-order valence-electron chi connectivity index (χ1n) is 4.81. The van der Waals surface area contributed by atoms with Crippen molar-refractivity contribution in [3.05, 3.63) is 0 Å². The Morgan fingerprint density at radius 3 is 2.36 bits per heavy atom. The van der Waals surface area contributed by atoms with Gasteiger partial charge in [0.25, 0.3) is 0 Å². The zero-order chi connectivity index (χ0) is 8.43. The quantitative estimate of drug-likeness (QED) is 0.562. The van der Waals surface area contributed by atoms with Gasteiger partial charge in [0.15, 0.2) is 0 Å². The van der Waals surface area contributed by atoms with E-state index in [2.05, 4.69) is 32.7 Å². The zero-order valence-corrected chi connectivity index (χ0v) is 8.30. The number of piperidine rings is 1. The Morgan fingerprint density at radius 2 is 1.91 bits per heavy atom. The number of hydrogen-bond donors (Lipinski definition) is 0. The van der Waals surface area contributed by atoms with Crippen LogP contribution >= 0.6 is 0 Å². The molecule has 66 valence electrons. The second-order valence-electron chi connectivity index (χ2n) is 4.43. The van der Waals surface area contributed by atoms with Crippen LogP contribution in [0, 0.1) is 11.8 Å². The van der Waals surface area contributed by atoms with Gasteiger partial charge in [-0.1, -0.05) is 20.8 Å². The lowest BCUT2D eigenvalue weighted by Crippen LogP contribution is -2.42. The van der Waals surface area contributed by atoms with E-state index in [1.807, 2.05) is 0 Å². The van der Waals surface area contributed by atoms with E-state index in [1.54, 1.807) is 0 Å². The average molecular weight is 155 g/mol. The lowest BCUT2D eigenvalue weighted by molar-refractivity contribution is 0.111. The van der Waals surface area contributed by atoms with Crippen molar-refractivity contribution >= 4 is 0 Å². The van der Waals surface area contributed by atoms with Gasteiger partial charge in [0.05, 0.1) is 0 Å². The molecule has 0 radical (unpaired) electrons. The number of nitrogens with zero attached hydrogens (tertiary/aromatic N) is 1. The molecule has 0 saturated carbocycles. The largest absolute Gasteiger partial charge is 0.303 e. The summed E-state index contributed by atoms with van der Waals surface area (Å²) in [6.07, 6.45) is 2.82. The SMILES string of the molecule is CC1CCC(C(C)C)N(C)C1. The molecule has 0 spiro atoms. The van der Waals surface area contributed by atoms with Crippen LogP contribution in [0.2, 0.25) is 0 Å². The van der Waals surface area contributed by atoms with E-state index in [0.717, 1.165) is 17.9 Å². The molecule has 1 nitrogen and oxygen atoms in total. The maximum absolute atomic E-state index is 2.53. The van der Waals surface area contributed by atoms with Crippen LogP contribution in [0.4, 0.5) is 0 Å². The molecule has 0 aliphatic carbocycles. The van der Waals surface area contributed by atoms with E-state index in [0.29, 0.717) is 0 Å². The molecule has 2 unspecified atom stereocenters. The molecule has 0 aromatic heterocycles. The Kier molecular flexibility index (Phi) is 2.94. The van der Waals surface area contributed by atoms with Gasteiger partial charge >= 0.3 is 0 Å². The van der Waals surface area contributed by atoms with Crippen LogP contribution in [0.5, 0.6) is 0 Å². The van der Waals surface area contributed by atoms with Gasteiger partial charge < -0.3 is 4.90 Å². The van der Waals surface area contributed by atoms with E-state index in [1.165, 1.54) is 19.4 Å². The summed E-state index contributed by atoms with van der Waals surface area (Å²) < 4.78 is 0. The lowest BCUT2D eigenvalue weighted by Gasteiger charge is -2.38. The molecule has 0 bridgehead atoms. The van der Waals surface area contributed by atoms with Gasteiger partial charge in [-0.2, -0.15) is 0 Å². The highest BCUT2D eigenvalue weighted by atomic mass is 15.1. The van der Waals surface area contributed by atoms with Crippen LogP contribution < -0.4 is 0 Å². The van der Waals surface area contributed by atoms with Crippen molar-refractivity contribution in [3.8, 4) is 0 Å². The second-order valence-corrected chi connectivity index (χ2v) is 4.43. The summed E-state index contributed by atoms with van der Waals surface area (Å²) in [6.45, 7) is 8.31. The lowest BCUT2D eigenvalue weighted by atomic mass is 9.89. The minimum Gasteiger partial charge on any atom is -0.303 e. The van der Waals surface area contributed by atoms with Gasteiger partial charge in [0, 0.05) is 12.6 Å². The number of hydrogen-bond acceptors (Lipinski definition) is 1. The molecule has 1 aliphatic heterocycles. The highest BCUT2D eigenvalue weighted by Gasteiger charge is 2.24. The maximum Gasteiger partial charge on any atom is 0.0115 e. The highest BCUT2D eigenvalue weighted by molar-refractivity contribution is 4.79. The van der Waals surface area contributed by atoms with Crippen LogP contribution in [-0.4, -0.2) is 24.5 Å². The molecule has 1 fully saturated rings. The molecule has 0 amide bonds. The average Bonchev–Trinajstić information content (AvgIpc) is 1.85. The smallest absolute Gasteiger partial charge is 0.0115 e. The first-order chi connectivity index (χ1) is 5.11. The number of rotatable bonds is 1. The highest BCUT2D eigenvalue weighted by Crippen LogP contribution is 2.24. The minimum absolute atomic E-state index is 0.826. The van der Waals surface area contributed by atoms with Gasteiger partial charge in [-0.25, -0.2) is 0 Å². The van der Waals surface area contributed by atoms with Crippen LogP contribution in [0.25, 0.3) is 0 Å². The summed E-state index contributed by atoms with van der Waals surface area (Å²) in [5.41, 5.74) is 0. The third kappa shape index (κ3) is 2.19. The normalized spacial score (nSPS) is 34.6. The van der Waals surface area contributed by atoms with Crippen molar-refractivity contribution in [2.24, 2.45) is 11.8 Å². The van der Waals surface area contributed by atoms with Crippen LogP contribution in [-0.2, 0) is 0 Å². The third-order valence-electron chi connectivity index (χ3n) is 2.89. The Hall–Kier alpha value is -0.0400. The number of likely N-dealkylation sites (tertiary alicyclic amines) is 1. The van der Waals surface area contributed by atoms with Crippen LogP contribution in [0.3, 0.4) is 0 Å². The van der Waals surface area contributed by atoms with Crippen molar-refractivity contribution in [2.45, 2.75) is 39.7 Å². The van der Waals surface area contributed by atoms with Crippen LogP contribution in [0.15, 0.2) is 0 Å². The van der Waals surface area contributed by atoms with Crippen molar-refractivity contribution < 1.29 is 0 Å². The van der Waals surface area contributed by atoms with E-state index >= 15 is 0 Å². The Labute approximate surface area is 70.8 Å². The molecule has 0 aromatic carbocycles. The van der Waals surface area contributed by atoms with Gasteiger partial charge in [0.1, 0.15) is 0 Å². The first kappa shape index (κ1) is 9.05. The summed E-state index contributed by atoms with van der Waals surface area (Å²) in [4.78, 5) is 2.53. The molecule has 1 saturated heterocycles. The van der Waals surface area contributed by atoms with Crippen LogP contribution in [0.1, 0.15) is 33.6 Å². The van der Waals surface area contributed by atoms with Gasteiger partial charge in [-0.05, 0) is 31.7 Å². The van der Waals surface area contributed by atoms with E-state index < -0.39 is 0 Å². The predicted molar refractivity (Wildman–Crippen MR) is 49.7 cm³/mol. The molecular weight excluding hydrogens is 134 g/mol. The van der Waals surface area contributed by atoms with Crippen molar-refractivity contribution in [1.82, 2.24) is 4.90 Å². The minimum atomic E-state index is 0.826. The fourth-order valence-corrected chi connectivity index (χ4v) is 2.24. The molecule has 1 aliphatic rings. The van der Waals surface area contributed by atoms with Crippen molar-refractivity contribution in [1.29, 1.82) is 0 Å². The standard InChI is InChI=1S/C10H21N/c1-8(2)10-6-5-9(3)7-11(10)4/h8-10H,5-7H2,1-4H3. The van der Waals surface area contributed by atoms with E-state index in [9.17, 15) is 0 Å². The van der Waals surface area contributed by atoms with Gasteiger partial charge in [0.2, 0.25) is 0 Å². The molecule has 1 heterocycles. The van der Waals surface area contributed by atoms with Gasteiger partial charge in [-0.15, -0.1) is 0 Å². The Balaban J connectivity index is 2.44. The first-order valence-corrected chi connectivity index (χ1v) is 4.81. The van der Waals surface area contributed by atoms with E-state index in [4.69, 9.17) is 0 Å². The molecule has 11 heavy (non-hydrogen) atoms.